The Morgan fingerprint density at radius 2 is 2.00 bits per heavy atom. The lowest BCUT2D eigenvalue weighted by atomic mass is 10.2. The maximum absolute atomic E-state index is 5.71. The van der Waals surface area contributed by atoms with E-state index in [1.807, 2.05) is 32.9 Å². The van der Waals surface area contributed by atoms with Gasteiger partial charge in [0.2, 0.25) is 5.88 Å². The van der Waals surface area contributed by atoms with E-state index in [1.165, 1.54) is 0 Å². The molecule has 4 heteroatoms. The molecule has 1 aliphatic carbocycles. The van der Waals surface area contributed by atoms with E-state index < -0.39 is 0 Å². The number of halogens is 1. The van der Waals surface area contributed by atoms with Gasteiger partial charge < -0.3 is 9.47 Å². The first-order valence-electron chi connectivity index (χ1n) is 5.46. The van der Waals surface area contributed by atoms with Gasteiger partial charge in [0.25, 0.3) is 0 Å². The Labute approximate surface area is 104 Å². The fourth-order valence-electron chi connectivity index (χ4n) is 1.26. The summed E-state index contributed by atoms with van der Waals surface area (Å²) in [4.78, 5) is 4.26. The van der Waals surface area contributed by atoms with Gasteiger partial charge in [0.15, 0.2) is 0 Å². The molecule has 0 spiro atoms. The van der Waals surface area contributed by atoms with Crippen molar-refractivity contribution >= 4 is 15.9 Å². The van der Waals surface area contributed by atoms with Crippen LogP contribution in [-0.4, -0.2) is 16.7 Å². The molecule has 0 N–H and O–H groups in total. The number of hydrogen-bond acceptors (Lipinski definition) is 3. The first-order chi connectivity index (χ1) is 7.42. The van der Waals surface area contributed by atoms with Crippen molar-refractivity contribution in [3.05, 3.63) is 16.7 Å². The minimum absolute atomic E-state index is 0.245. The van der Waals surface area contributed by atoms with Gasteiger partial charge in [-0.05, 0) is 49.5 Å². The molecule has 0 aliphatic heterocycles. The first-order valence-corrected chi connectivity index (χ1v) is 6.25. The topological polar surface area (TPSA) is 31.4 Å². The summed E-state index contributed by atoms with van der Waals surface area (Å²) in [6.45, 7) is 5.99. The fraction of sp³-hybridized carbons (Fsp3) is 0.583. The van der Waals surface area contributed by atoms with Crippen LogP contribution in [-0.2, 0) is 0 Å². The highest BCUT2D eigenvalue weighted by atomic mass is 79.9. The maximum Gasteiger partial charge on any atom is 0.218 e. The number of nitrogens with zero attached hydrogens (tertiary/aromatic N) is 1. The van der Waals surface area contributed by atoms with E-state index in [0.717, 1.165) is 23.2 Å². The highest BCUT2D eigenvalue weighted by Crippen LogP contribution is 2.30. The molecule has 2 rings (SSSR count). The van der Waals surface area contributed by atoms with Crippen LogP contribution in [0.2, 0.25) is 0 Å². The van der Waals surface area contributed by atoms with E-state index in [4.69, 9.17) is 9.47 Å². The van der Waals surface area contributed by atoms with Gasteiger partial charge in [0.1, 0.15) is 16.0 Å². The Kier molecular flexibility index (Phi) is 3.10. The lowest BCUT2D eigenvalue weighted by Gasteiger charge is -2.20. The summed E-state index contributed by atoms with van der Waals surface area (Å²) in [7, 11) is 0. The van der Waals surface area contributed by atoms with Crippen LogP contribution in [0.1, 0.15) is 33.6 Å². The minimum Gasteiger partial charge on any atom is -0.490 e. The Bertz CT molecular complexity index is 383. The molecular weight excluding hydrogens is 270 g/mol. The molecule has 0 aromatic carbocycles. The van der Waals surface area contributed by atoms with Crippen LogP contribution < -0.4 is 9.47 Å². The summed E-state index contributed by atoms with van der Waals surface area (Å²) in [5.41, 5.74) is -0.245. The number of ether oxygens (including phenoxy) is 2. The second kappa shape index (κ2) is 4.24. The SMILES string of the molecule is CC(C)(C)Oc1cc(OC2CC2)cc(Br)n1. The highest BCUT2D eigenvalue weighted by Gasteiger charge is 2.24. The number of rotatable bonds is 3. The summed E-state index contributed by atoms with van der Waals surface area (Å²) >= 11 is 3.36. The van der Waals surface area contributed by atoms with E-state index >= 15 is 0 Å². The van der Waals surface area contributed by atoms with Gasteiger partial charge in [0.05, 0.1) is 6.10 Å². The minimum atomic E-state index is -0.245. The molecule has 0 bridgehead atoms. The van der Waals surface area contributed by atoms with Crippen LogP contribution in [0, 0.1) is 0 Å². The number of aromatic nitrogens is 1. The van der Waals surface area contributed by atoms with E-state index in [2.05, 4.69) is 20.9 Å². The van der Waals surface area contributed by atoms with Crippen LogP contribution >= 0.6 is 15.9 Å². The molecule has 1 heterocycles. The van der Waals surface area contributed by atoms with Gasteiger partial charge in [-0.1, -0.05) is 0 Å². The maximum atomic E-state index is 5.71. The third kappa shape index (κ3) is 3.67. The van der Waals surface area contributed by atoms with Crippen LogP contribution in [0.5, 0.6) is 11.6 Å². The van der Waals surface area contributed by atoms with Crippen LogP contribution in [0.15, 0.2) is 16.7 Å². The highest BCUT2D eigenvalue weighted by molar-refractivity contribution is 9.10. The quantitative estimate of drug-likeness (QED) is 0.796. The Balaban J connectivity index is 2.14. The molecular formula is C12H16BrNO2. The molecule has 0 unspecified atom stereocenters. The zero-order valence-corrected chi connectivity index (χ0v) is 11.4. The Hall–Kier alpha value is -0.770. The normalized spacial score (nSPS) is 16.0. The van der Waals surface area contributed by atoms with E-state index in [-0.39, 0.29) is 5.60 Å². The molecule has 16 heavy (non-hydrogen) atoms. The summed E-state index contributed by atoms with van der Waals surface area (Å²) in [5, 5.41) is 0. The van der Waals surface area contributed by atoms with Gasteiger partial charge in [0, 0.05) is 12.1 Å². The zero-order valence-electron chi connectivity index (χ0n) is 9.79. The average Bonchev–Trinajstić information content (AvgIpc) is 2.82. The largest absolute Gasteiger partial charge is 0.490 e. The lowest BCUT2D eigenvalue weighted by molar-refractivity contribution is 0.123. The molecule has 3 nitrogen and oxygen atoms in total. The zero-order chi connectivity index (χ0) is 11.8. The molecule has 88 valence electrons. The molecule has 1 saturated carbocycles. The second-order valence-corrected chi connectivity index (χ2v) is 5.81. The van der Waals surface area contributed by atoms with Gasteiger partial charge in [-0.25, -0.2) is 4.98 Å². The van der Waals surface area contributed by atoms with Crippen molar-refractivity contribution in [3.63, 3.8) is 0 Å². The average molecular weight is 286 g/mol. The summed E-state index contributed by atoms with van der Waals surface area (Å²) in [5.74, 6) is 1.42. The predicted octanol–water partition coefficient (Wildman–Crippen LogP) is 3.56. The van der Waals surface area contributed by atoms with Gasteiger partial charge in [-0.2, -0.15) is 0 Å². The van der Waals surface area contributed by atoms with Crippen molar-refractivity contribution in [1.29, 1.82) is 0 Å². The smallest absolute Gasteiger partial charge is 0.218 e. The molecule has 0 saturated heterocycles. The lowest BCUT2D eigenvalue weighted by Crippen LogP contribution is -2.23. The molecule has 1 aliphatic rings. The monoisotopic (exact) mass is 285 g/mol. The molecule has 0 atom stereocenters. The predicted molar refractivity (Wildman–Crippen MR) is 66.0 cm³/mol. The number of pyridine rings is 1. The standard InChI is InChI=1S/C12H16BrNO2/c1-12(2,3)16-11-7-9(6-10(13)14-11)15-8-4-5-8/h6-8H,4-5H2,1-3H3. The van der Waals surface area contributed by atoms with Crippen LogP contribution in [0.25, 0.3) is 0 Å². The summed E-state index contributed by atoms with van der Waals surface area (Å²) < 4.78 is 12.2. The fourth-order valence-corrected chi connectivity index (χ4v) is 1.66. The van der Waals surface area contributed by atoms with E-state index in [9.17, 15) is 0 Å². The third-order valence-electron chi connectivity index (χ3n) is 1.98. The molecule has 1 aromatic rings. The number of hydrogen-bond donors (Lipinski definition) is 0. The van der Waals surface area contributed by atoms with Gasteiger partial charge in [-0.3, -0.25) is 0 Å². The Morgan fingerprint density at radius 3 is 2.56 bits per heavy atom. The van der Waals surface area contributed by atoms with Crippen molar-refractivity contribution in [2.24, 2.45) is 0 Å². The summed E-state index contributed by atoms with van der Waals surface area (Å²) in [6.07, 6.45) is 2.68. The second-order valence-electron chi connectivity index (χ2n) is 5.00. The molecule has 1 fully saturated rings. The third-order valence-corrected chi connectivity index (χ3v) is 2.39. The van der Waals surface area contributed by atoms with Crippen molar-refractivity contribution in [1.82, 2.24) is 4.98 Å². The van der Waals surface area contributed by atoms with Crippen LogP contribution in [0.3, 0.4) is 0 Å². The van der Waals surface area contributed by atoms with Crippen molar-refractivity contribution in [3.8, 4) is 11.6 Å². The Morgan fingerprint density at radius 1 is 1.31 bits per heavy atom. The van der Waals surface area contributed by atoms with Crippen molar-refractivity contribution in [2.75, 3.05) is 0 Å². The van der Waals surface area contributed by atoms with Crippen molar-refractivity contribution < 1.29 is 9.47 Å². The van der Waals surface area contributed by atoms with Gasteiger partial charge >= 0.3 is 0 Å². The molecule has 1 aromatic heterocycles. The first kappa shape index (κ1) is 11.7. The van der Waals surface area contributed by atoms with Gasteiger partial charge in [-0.15, -0.1) is 0 Å². The molecule has 0 radical (unpaired) electrons. The van der Waals surface area contributed by atoms with E-state index in [1.54, 1.807) is 0 Å². The van der Waals surface area contributed by atoms with E-state index in [0.29, 0.717) is 12.0 Å². The summed E-state index contributed by atoms with van der Waals surface area (Å²) in [6, 6.07) is 3.71. The van der Waals surface area contributed by atoms with Crippen LogP contribution in [0.4, 0.5) is 0 Å². The molecule has 0 amide bonds. The van der Waals surface area contributed by atoms with Crippen molar-refractivity contribution in [2.45, 2.75) is 45.3 Å².